The molecule has 5 rings (SSSR count). The summed E-state index contributed by atoms with van der Waals surface area (Å²) in [6.07, 6.45) is 4.13. The monoisotopic (exact) mass is 508 g/mol. The molecule has 2 atom stereocenters. The van der Waals surface area contributed by atoms with E-state index in [4.69, 9.17) is 8.60 Å². The van der Waals surface area contributed by atoms with Crippen LogP contribution in [0.15, 0.2) is 64.4 Å². The summed E-state index contributed by atoms with van der Waals surface area (Å²) in [5, 5.41) is 7.05. The first-order valence-electron chi connectivity index (χ1n) is 11.9. The summed E-state index contributed by atoms with van der Waals surface area (Å²) in [4.78, 5) is 20.1. The largest absolute Gasteiger partial charge is 0.428 e. The van der Waals surface area contributed by atoms with E-state index >= 15 is 0 Å². The molecule has 2 aromatic carbocycles. The van der Waals surface area contributed by atoms with Crippen molar-refractivity contribution in [2.45, 2.75) is 50.2 Å². The molecular weight excluding hydrogens is 480 g/mol. The number of nitrogens with one attached hydrogen (secondary N) is 3. The molecule has 0 fully saturated rings. The zero-order valence-corrected chi connectivity index (χ0v) is 20.9. The first-order valence-corrected chi connectivity index (χ1v) is 13.3. The summed E-state index contributed by atoms with van der Waals surface area (Å²) in [5.74, 6) is -0.0652. The highest BCUT2D eigenvalue weighted by Crippen LogP contribution is 2.39. The molecule has 1 aliphatic rings. The molecule has 36 heavy (non-hydrogen) atoms. The van der Waals surface area contributed by atoms with E-state index in [2.05, 4.69) is 27.5 Å². The van der Waals surface area contributed by atoms with Crippen molar-refractivity contribution in [2.75, 3.05) is 11.9 Å². The molecular formula is C26H28N4O5S. The van der Waals surface area contributed by atoms with Gasteiger partial charge in [0.2, 0.25) is 5.88 Å². The quantitative estimate of drug-likeness (QED) is 0.300. The Morgan fingerprint density at radius 3 is 2.75 bits per heavy atom. The Bertz CT molecular complexity index is 1480. The fraction of sp³-hybridized carbons (Fsp3) is 0.308. The zero-order valence-electron chi connectivity index (χ0n) is 20.1. The second-order valence-electron chi connectivity index (χ2n) is 9.04. The molecule has 188 valence electrons. The smallest absolute Gasteiger partial charge is 0.297 e. The third-order valence-electron chi connectivity index (χ3n) is 6.38. The number of aromatic amines is 1. The maximum atomic E-state index is 13.1. The van der Waals surface area contributed by atoms with Crippen molar-refractivity contribution >= 4 is 32.8 Å². The molecule has 0 bridgehead atoms. The number of oxazole rings is 1. The van der Waals surface area contributed by atoms with Crippen LogP contribution in [0.2, 0.25) is 0 Å². The number of carbonyl (C=O) groups excluding carboxylic acids is 1. The highest BCUT2D eigenvalue weighted by molar-refractivity contribution is 7.86. The number of aryl methyl sites for hydroxylation is 1. The van der Waals surface area contributed by atoms with Gasteiger partial charge in [-0.1, -0.05) is 24.6 Å². The minimum Gasteiger partial charge on any atom is -0.428 e. The van der Waals surface area contributed by atoms with Crippen molar-refractivity contribution < 1.29 is 21.8 Å². The van der Waals surface area contributed by atoms with Gasteiger partial charge in [0.05, 0.1) is 16.8 Å². The van der Waals surface area contributed by atoms with E-state index in [1.807, 2.05) is 19.1 Å². The standard InChI is InChI=1S/C26H28N4O5S/c1-3-10-28-18-12-21-20-11-17(26(31)30-24-14-27-15-34-24)6-9-22(20)29-25(21)23(13-18)35-36(32,33)19-7-4-16(2)5-8-19/h4-9,11,14-15,18,23,28-29H,3,10,12-13H2,1-2H3,(H,30,31). The second kappa shape index (κ2) is 9.88. The van der Waals surface area contributed by atoms with E-state index in [9.17, 15) is 13.2 Å². The van der Waals surface area contributed by atoms with Crippen molar-refractivity contribution in [3.05, 3.63) is 77.4 Å². The van der Waals surface area contributed by atoms with E-state index in [-0.39, 0.29) is 22.7 Å². The van der Waals surface area contributed by atoms with Gasteiger partial charge in [0.1, 0.15) is 6.10 Å². The lowest BCUT2D eigenvalue weighted by atomic mass is 9.89. The summed E-state index contributed by atoms with van der Waals surface area (Å²) in [6, 6.07) is 12.0. The maximum absolute atomic E-state index is 13.1. The Kier molecular flexibility index (Phi) is 6.65. The number of hydrogen-bond donors (Lipinski definition) is 3. The predicted octanol–water partition coefficient (Wildman–Crippen LogP) is 4.48. The Hall–Kier alpha value is -3.47. The van der Waals surface area contributed by atoms with Gasteiger partial charge < -0.3 is 14.7 Å². The normalized spacial score (nSPS) is 17.7. The number of aromatic nitrogens is 2. The molecule has 0 spiro atoms. The zero-order chi connectivity index (χ0) is 25.3. The molecule has 0 saturated carbocycles. The van der Waals surface area contributed by atoms with Gasteiger partial charge in [-0.2, -0.15) is 8.42 Å². The van der Waals surface area contributed by atoms with Gasteiger partial charge in [0.15, 0.2) is 6.39 Å². The minimum absolute atomic E-state index is 0.0290. The lowest BCUT2D eigenvalue weighted by Crippen LogP contribution is -2.37. The van der Waals surface area contributed by atoms with E-state index in [1.54, 1.807) is 30.3 Å². The number of nitrogens with zero attached hydrogens (tertiary/aromatic N) is 1. The summed E-state index contributed by atoms with van der Waals surface area (Å²) < 4.78 is 37.2. The van der Waals surface area contributed by atoms with Crippen LogP contribution in [0.1, 0.15) is 53.0 Å². The van der Waals surface area contributed by atoms with Crippen LogP contribution >= 0.6 is 0 Å². The van der Waals surface area contributed by atoms with Crippen LogP contribution in [0.25, 0.3) is 10.9 Å². The minimum atomic E-state index is -3.98. The van der Waals surface area contributed by atoms with Crippen molar-refractivity contribution in [1.29, 1.82) is 0 Å². The van der Waals surface area contributed by atoms with Gasteiger partial charge in [-0.15, -0.1) is 0 Å². The Morgan fingerprint density at radius 2 is 2.03 bits per heavy atom. The van der Waals surface area contributed by atoms with Crippen molar-refractivity contribution in [2.24, 2.45) is 0 Å². The number of hydrogen-bond acceptors (Lipinski definition) is 7. The summed E-state index contributed by atoms with van der Waals surface area (Å²) in [7, 11) is -3.98. The van der Waals surface area contributed by atoms with Crippen LogP contribution in [-0.4, -0.2) is 36.9 Å². The van der Waals surface area contributed by atoms with Crippen LogP contribution in [0.5, 0.6) is 0 Å². The van der Waals surface area contributed by atoms with Crippen LogP contribution in [0.3, 0.4) is 0 Å². The Balaban J connectivity index is 1.50. The SMILES string of the molecule is CCCNC1Cc2c([nH]c3ccc(C(=O)Nc4cnco4)cc23)C(OS(=O)(=O)c2ccc(C)cc2)C1. The molecule has 0 saturated heterocycles. The molecule has 0 aliphatic heterocycles. The number of benzene rings is 2. The number of fused-ring (bicyclic) bond motifs is 3. The fourth-order valence-corrected chi connectivity index (χ4v) is 5.64. The molecule has 0 radical (unpaired) electrons. The van der Waals surface area contributed by atoms with E-state index in [0.717, 1.165) is 40.7 Å². The molecule has 3 N–H and O–H groups in total. The maximum Gasteiger partial charge on any atom is 0.297 e. The average Bonchev–Trinajstić information content (AvgIpc) is 3.50. The topological polar surface area (TPSA) is 126 Å². The lowest BCUT2D eigenvalue weighted by molar-refractivity contribution is 0.102. The van der Waals surface area contributed by atoms with Crippen LogP contribution in [0.4, 0.5) is 5.88 Å². The Labute approximate surface area is 209 Å². The first kappa shape index (κ1) is 24.2. The van der Waals surface area contributed by atoms with Crippen LogP contribution < -0.4 is 10.6 Å². The third-order valence-corrected chi connectivity index (χ3v) is 7.71. The average molecular weight is 509 g/mol. The van der Waals surface area contributed by atoms with Gasteiger partial charge in [0.25, 0.3) is 16.0 Å². The van der Waals surface area contributed by atoms with E-state index < -0.39 is 16.2 Å². The van der Waals surface area contributed by atoms with Gasteiger partial charge >= 0.3 is 0 Å². The molecule has 4 aromatic rings. The summed E-state index contributed by atoms with van der Waals surface area (Å²) in [5.41, 5.74) is 3.91. The number of rotatable bonds is 8. The van der Waals surface area contributed by atoms with E-state index in [1.165, 1.54) is 12.6 Å². The number of amides is 1. The molecule has 10 heteroatoms. The second-order valence-corrected chi connectivity index (χ2v) is 10.6. The highest BCUT2D eigenvalue weighted by Gasteiger charge is 2.34. The molecule has 2 aromatic heterocycles. The summed E-state index contributed by atoms with van der Waals surface area (Å²) >= 11 is 0. The fourth-order valence-electron chi connectivity index (χ4n) is 4.58. The molecule has 9 nitrogen and oxygen atoms in total. The van der Waals surface area contributed by atoms with Crippen molar-refractivity contribution in [3.63, 3.8) is 0 Å². The van der Waals surface area contributed by atoms with Gasteiger partial charge in [-0.3, -0.25) is 14.3 Å². The molecule has 2 unspecified atom stereocenters. The van der Waals surface area contributed by atoms with Crippen LogP contribution in [-0.2, 0) is 20.7 Å². The molecule has 1 amide bonds. The van der Waals surface area contributed by atoms with E-state index in [0.29, 0.717) is 18.4 Å². The third kappa shape index (κ3) is 4.92. The number of H-pyrrole nitrogens is 1. The highest BCUT2D eigenvalue weighted by atomic mass is 32.2. The van der Waals surface area contributed by atoms with Crippen molar-refractivity contribution in [3.8, 4) is 0 Å². The first-order chi connectivity index (χ1) is 17.3. The van der Waals surface area contributed by atoms with Gasteiger partial charge in [0, 0.05) is 22.5 Å². The van der Waals surface area contributed by atoms with Crippen molar-refractivity contribution in [1.82, 2.24) is 15.3 Å². The number of carbonyl (C=O) groups is 1. The van der Waals surface area contributed by atoms with Gasteiger partial charge in [-0.25, -0.2) is 4.98 Å². The van der Waals surface area contributed by atoms with Crippen LogP contribution in [0, 0.1) is 6.92 Å². The lowest BCUT2D eigenvalue weighted by Gasteiger charge is -2.30. The molecule has 2 heterocycles. The number of anilines is 1. The molecule has 1 aliphatic carbocycles. The van der Waals surface area contributed by atoms with Gasteiger partial charge in [-0.05, 0) is 68.6 Å². The summed E-state index contributed by atoms with van der Waals surface area (Å²) in [6.45, 7) is 4.80. The predicted molar refractivity (Wildman–Crippen MR) is 135 cm³/mol. The Morgan fingerprint density at radius 1 is 1.22 bits per heavy atom.